The summed E-state index contributed by atoms with van der Waals surface area (Å²) in [7, 11) is -3.79. The van der Waals surface area contributed by atoms with Crippen molar-refractivity contribution in [3.8, 4) is 0 Å². The minimum atomic E-state index is -3.79. The van der Waals surface area contributed by atoms with E-state index >= 15 is 0 Å². The fourth-order valence-electron chi connectivity index (χ4n) is 4.01. The molecular formula is C22H27N3O5S. The summed E-state index contributed by atoms with van der Waals surface area (Å²) in [4.78, 5) is 25.7. The predicted molar refractivity (Wildman–Crippen MR) is 119 cm³/mol. The Kier molecular flexibility index (Phi) is 7.07. The average molecular weight is 446 g/mol. The molecule has 1 heterocycles. The summed E-state index contributed by atoms with van der Waals surface area (Å²) in [6.45, 7) is 5.02. The van der Waals surface area contributed by atoms with Gasteiger partial charge in [-0.15, -0.1) is 0 Å². The average Bonchev–Trinajstić information content (AvgIpc) is 2.79. The highest BCUT2D eigenvalue weighted by atomic mass is 32.2. The first kappa shape index (κ1) is 22.9. The molecule has 1 fully saturated rings. The fraction of sp³-hybridized carbons (Fsp3) is 0.409. The lowest BCUT2D eigenvalue weighted by atomic mass is 9.88. The van der Waals surface area contributed by atoms with Crippen LogP contribution in [0.4, 0.5) is 11.4 Å². The standard InChI is InChI=1S/C22H27N3O5S/c1-3-24(4-2)31(29,30)19-10-11-20(21(16-19)25(27)28)23-14-12-18(13-15-23)22(26)17-8-6-5-7-9-17/h5-11,16,18H,3-4,12-15H2,1-2H3. The van der Waals surface area contributed by atoms with Crippen LogP contribution in [0.1, 0.15) is 37.0 Å². The van der Waals surface area contributed by atoms with Gasteiger partial charge < -0.3 is 4.90 Å². The van der Waals surface area contributed by atoms with Crippen LogP contribution in [-0.2, 0) is 10.0 Å². The number of carbonyl (C=O) groups is 1. The van der Waals surface area contributed by atoms with Crippen molar-refractivity contribution in [2.75, 3.05) is 31.1 Å². The van der Waals surface area contributed by atoms with E-state index in [0.29, 0.717) is 37.2 Å². The predicted octanol–water partition coefficient (Wildman–Crippen LogP) is 3.72. The van der Waals surface area contributed by atoms with Crippen molar-refractivity contribution in [1.82, 2.24) is 4.31 Å². The number of piperidine rings is 1. The first-order valence-corrected chi connectivity index (χ1v) is 11.9. The third-order valence-electron chi connectivity index (χ3n) is 5.75. The third kappa shape index (κ3) is 4.77. The zero-order valence-electron chi connectivity index (χ0n) is 17.7. The topological polar surface area (TPSA) is 101 Å². The lowest BCUT2D eigenvalue weighted by Crippen LogP contribution is -2.36. The third-order valence-corrected chi connectivity index (χ3v) is 7.80. The first-order chi connectivity index (χ1) is 14.8. The van der Waals surface area contributed by atoms with Crippen molar-refractivity contribution in [2.45, 2.75) is 31.6 Å². The van der Waals surface area contributed by atoms with Crippen molar-refractivity contribution in [1.29, 1.82) is 0 Å². The molecule has 0 N–H and O–H groups in total. The highest BCUT2D eigenvalue weighted by Crippen LogP contribution is 2.34. The Labute approximate surface area is 182 Å². The number of nitrogens with zero attached hydrogens (tertiary/aromatic N) is 3. The Morgan fingerprint density at radius 1 is 1.10 bits per heavy atom. The maximum absolute atomic E-state index is 12.8. The number of rotatable bonds is 8. The molecule has 1 saturated heterocycles. The zero-order valence-corrected chi connectivity index (χ0v) is 18.5. The van der Waals surface area contributed by atoms with E-state index < -0.39 is 14.9 Å². The van der Waals surface area contributed by atoms with Gasteiger partial charge in [-0.1, -0.05) is 44.2 Å². The summed E-state index contributed by atoms with van der Waals surface area (Å²) >= 11 is 0. The largest absolute Gasteiger partial charge is 0.366 e. The van der Waals surface area contributed by atoms with Gasteiger partial charge in [-0.3, -0.25) is 14.9 Å². The van der Waals surface area contributed by atoms with Gasteiger partial charge in [0.2, 0.25) is 10.0 Å². The number of ketones is 1. The molecule has 166 valence electrons. The molecule has 0 bridgehead atoms. The summed E-state index contributed by atoms with van der Waals surface area (Å²) in [5.41, 5.74) is 0.827. The molecule has 0 amide bonds. The molecule has 0 atom stereocenters. The molecule has 31 heavy (non-hydrogen) atoms. The minimum Gasteiger partial charge on any atom is -0.366 e. The van der Waals surface area contributed by atoms with Crippen molar-refractivity contribution in [2.24, 2.45) is 5.92 Å². The van der Waals surface area contributed by atoms with Gasteiger partial charge in [0.05, 0.1) is 9.82 Å². The summed E-state index contributed by atoms with van der Waals surface area (Å²) in [5, 5.41) is 11.7. The SMILES string of the molecule is CCN(CC)S(=O)(=O)c1ccc(N2CCC(C(=O)c3ccccc3)CC2)c([N+](=O)[O-])c1. The Morgan fingerprint density at radius 3 is 2.26 bits per heavy atom. The molecule has 0 saturated carbocycles. The van der Waals surface area contributed by atoms with E-state index in [1.807, 2.05) is 23.1 Å². The van der Waals surface area contributed by atoms with Crippen LogP contribution in [0.25, 0.3) is 0 Å². The maximum atomic E-state index is 12.8. The van der Waals surface area contributed by atoms with Gasteiger partial charge in [0.25, 0.3) is 5.69 Å². The van der Waals surface area contributed by atoms with Crippen LogP contribution >= 0.6 is 0 Å². The van der Waals surface area contributed by atoms with Crippen LogP contribution < -0.4 is 4.90 Å². The second-order valence-corrected chi connectivity index (χ2v) is 9.43. The molecule has 0 spiro atoms. The number of Topliss-reactive ketones (excluding diaryl/α,β-unsaturated/α-hetero) is 1. The van der Waals surface area contributed by atoms with E-state index in [1.54, 1.807) is 26.0 Å². The van der Waals surface area contributed by atoms with E-state index in [-0.39, 0.29) is 35.4 Å². The van der Waals surface area contributed by atoms with Gasteiger partial charge in [0, 0.05) is 43.7 Å². The number of hydrogen-bond acceptors (Lipinski definition) is 6. The number of hydrogen-bond donors (Lipinski definition) is 0. The highest BCUT2D eigenvalue weighted by molar-refractivity contribution is 7.89. The molecule has 1 aliphatic rings. The van der Waals surface area contributed by atoms with Gasteiger partial charge in [0.15, 0.2) is 5.78 Å². The molecule has 0 aliphatic carbocycles. The lowest BCUT2D eigenvalue weighted by Gasteiger charge is -2.32. The second kappa shape index (κ2) is 9.57. The van der Waals surface area contributed by atoms with E-state index in [1.165, 1.54) is 16.4 Å². The van der Waals surface area contributed by atoms with E-state index in [2.05, 4.69) is 0 Å². The molecular weight excluding hydrogens is 418 g/mol. The Hall–Kier alpha value is -2.78. The second-order valence-electron chi connectivity index (χ2n) is 7.49. The highest BCUT2D eigenvalue weighted by Gasteiger charge is 2.31. The zero-order chi connectivity index (χ0) is 22.6. The number of nitro benzene ring substituents is 1. The number of carbonyl (C=O) groups excluding carboxylic acids is 1. The van der Waals surface area contributed by atoms with Gasteiger partial charge >= 0.3 is 0 Å². The van der Waals surface area contributed by atoms with Crippen LogP contribution in [0.2, 0.25) is 0 Å². The molecule has 0 aromatic heterocycles. The molecule has 2 aromatic carbocycles. The van der Waals surface area contributed by atoms with Crippen molar-refractivity contribution < 1.29 is 18.1 Å². The summed E-state index contributed by atoms with van der Waals surface area (Å²) in [6, 6.07) is 13.2. The Bertz CT molecular complexity index is 1040. The molecule has 0 radical (unpaired) electrons. The van der Waals surface area contributed by atoms with Crippen LogP contribution in [-0.4, -0.2) is 49.6 Å². The lowest BCUT2D eigenvalue weighted by molar-refractivity contribution is -0.384. The Morgan fingerprint density at radius 2 is 1.71 bits per heavy atom. The van der Waals surface area contributed by atoms with Crippen molar-refractivity contribution >= 4 is 27.2 Å². The molecule has 2 aromatic rings. The quantitative estimate of drug-likeness (QED) is 0.349. The van der Waals surface area contributed by atoms with Gasteiger partial charge in [-0.25, -0.2) is 8.42 Å². The van der Waals surface area contributed by atoms with Crippen LogP contribution in [0, 0.1) is 16.0 Å². The molecule has 0 unspecified atom stereocenters. The van der Waals surface area contributed by atoms with Crippen LogP contribution in [0.3, 0.4) is 0 Å². The maximum Gasteiger partial charge on any atom is 0.293 e. The number of benzene rings is 2. The first-order valence-electron chi connectivity index (χ1n) is 10.4. The van der Waals surface area contributed by atoms with E-state index in [9.17, 15) is 23.3 Å². The van der Waals surface area contributed by atoms with Gasteiger partial charge in [-0.2, -0.15) is 4.31 Å². The van der Waals surface area contributed by atoms with E-state index in [0.717, 1.165) is 6.07 Å². The molecule has 8 nitrogen and oxygen atoms in total. The number of sulfonamides is 1. The smallest absolute Gasteiger partial charge is 0.293 e. The van der Waals surface area contributed by atoms with Gasteiger partial charge in [0.1, 0.15) is 5.69 Å². The molecule has 3 rings (SSSR count). The number of nitro groups is 1. The Balaban J connectivity index is 1.81. The summed E-state index contributed by atoms with van der Waals surface area (Å²) in [6.07, 6.45) is 1.18. The minimum absolute atomic E-state index is 0.0826. The van der Waals surface area contributed by atoms with E-state index in [4.69, 9.17) is 0 Å². The summed E-state index contributed by atoms with van der Waals surface area (Å²) < 4.78 is 26.8. The number of anilines is 1. The summed E-state index contributed by atoms with van der Waals surface area (Å²) in [5.74, 6) is -0.0320. The van der Waals surface area contributed by atoms with Crippen LogP contribution in [0.5, 0.6) is 0 Å². The molecule has 1 aliphatic heterocycles. The normalized spacial score (nSPS) is 15.3. The monoisotopic (exact) mass is 445 g/mol. The van der Waals surface area contributed by atoms with Gasteiger partial charge in [-0.05, 0) is 25.0 Å². The van der Waals surface area contributed by atoms with Crippen molar-refractivity contribution in [3.05, 3.63) is 64.2 Å². The fourth-order valence-corrected chi connectivity index (χ4v) is 5.49. The molecule has 9 heteroatoms. The van der Waals surface area contributed by atoms with Crippen LogP contribution in [0.15, 0.2) is 53.4 Å². The van der Waals surface area contributed by atoms with Crippen molar-refractivity contribution in [3.63, 3.8) is 0 Å².